The molecule has 0 atom stereocenters. The molecule has 0 aliphatic carbocycles. The highest BCUT2D eigenvalue weighted by Gasteiger charge is 2.18. The van der Waals surface area contributed by atoms with Crippen molar-refractivity contribution >= 4 is 11.9 Å². The topological polar surface area (TPSA) is 52.6 Å². The van der Waals surface area contributed by atoms with Crippen molar-refractivity contribution in [1.29, 1.82) is 0 Å². The number of benzene rings is 1. The molecular weight excluding hydrogens is 340 g/mol. The van der Waals surface area contributed by atoms with Gasteiger partial charge in [-0.2, -0.15) is 0 Å². The third-order valence-electron chi connectivity index (χ3n) is 4.69. The second kappa shape index (κ2) is 15.2. The van der Waals surface area contributed by atoms with Gasteiger partial charge in [0.1, 0.15) is 5.75 Å². The van der Waals surface area contributed by atoms with Crippen molar-refractivity contribution in [1.82, 2.24) is 0 Å². The maximum absolute atomic E-state index is 11.7. The molecule has 0 bridgehead atoms. The van der Waals surface area contributed by atoms with Crippen LogP contribution in [-0.4, -0.2) is 18.5 Å². The molecule has 0 radical (unpaired) electrons. The van der Waals surface area contributed by atoms with E-state index in [-0.39, 0.29) is 6.61 Å². The molecule has 0 aliphatic heterocycles. The molecule has 27 heavy (non-hydrogen) atoms. The van der Waals surface area contributed by atoms with E-state index < -0.39 is 11.9 Å². The standard InChI is InChI=1S/C23H36O4/c1-3-4-5-6-7-8-9-10-11-12-13-16-19-26-22(24)23(25)27-21-18-15-14-17-20(21)2/h14-15,17-18H,3-13,16,19H2,1-2H3. The summed E-state index contributed by atoms with van der Waals surface area (Å²) >= 11 is 0. The molecule has 4 heteroatoms. The monoisotopic (exact) mass is 376 g/mol. The summed E-state index contributed by atoms with van der Waals surface area (Å²) in [6, 6.07) is 7.08. The summed E-state index contributed by atoms with van der Waals surface area (Å²) in [4.78, 5) is 23.4. The van der Waals surface area contributed by atoms with E-state index in [1.54, 1.807) is 12.1 Å². The maximum Gasteiger partial charge on any atom is 0.422 e. The molecule has 0 saturated heterocycles. The SMILES string of the molecule is CCCCCCCCCCCCCCOC(=O)C(=O)Oc1ccccc1C. The van der Waals surface area contributed by atoms with Gasteiger partial charge >= 0.3 is 11.9 Å². The molecule has 0 aliphatic rings. The first-order chi connectivity index (χ1) is 13.1. The zero-order valence-corrected chi connectivity index (χ0v) is 17.1. The average molecular weight is 377 g/mol. The molecule has 0 N–H and O–H groups in total. The molecule has 0 saturated carbocycles. The first-order valence-electron chi connectivity index (χ1n) is 10.6. The smallest absolute Gasteiger partial charge is 0.422 e. The van der Waals surface area contributed by atoms with Crippen molar-refractivity contribution in [3.63, 3.8) is 0 Å². The first-order valence-corrected chi connectivity index (χ1v) is 10.6. The minimum atomic E-state index is -0.955. The van der Waals surface area contributed by atoms with Crippen LogP contribution >= 0.6 is 0 Å². The van der Waals surface area contributed by atoms with Crippen LogP contribution in [0.3, 0.4) is 0 Å². The fraction of sp³-hybridized carbons (Fsp3) is 0.652. The van der Waals surface area contributed by atoms with E-state index in [1.165, 1.54) is 57.8 Å². The fourth-order valence-electron chi connectivity index (χ4n) is 2.98. The van der Waals surface area contributed by atoms with Crippen LogP contribution in [0, 0.1) is 6.92 Å². The van der Waals surface area contributed by atoms with E-state index in [1.807, 2.05) is 19.1 Å². The minimum absolute atomic E-state index is 0.277. The maximum atomic E-state index is 11.7. The zero-order chi connectivity index (χ0) is 19.7. The van der Waals surface area contributed by atoms with Gasteiger partial charge in [-0.25, -0.2) is 9.59 Å². The number of ether oxygens (including phenoxy) is 2. The van der Waals surface area contributed by atoms with Gasteiger partial charge in [0.25, 0.3) is 0 Å². The summed E-state index contributed by atoms with van der Waals surface area (Å²) < 4.78 is 10.1. The van der Waals surface area contributed by atoms with E-state index in [0.29, 0.717) is 5.75 Å². The van der Waals surface area contributed by atoms with Gasteiger partial charge in [-0.1, -0.05) is 95.8 Å². The highest BCUT2D eigenvalue weighted by atomic mass is 16.6. The Morgan fingerprint density at radius 1 is 0.741 bits per heavy atom. The fourth-order valence-corrected chi connectivity index (χ4v) is 2.98. The van der Waals surface area contributed by atoms with E-state index in [0.717, 1.165) is 24.8 Å². The molecular formula is C23H36O4. The van der Waals surface area contributed by atoms with Crippen molar-refractivity contribution < 1.29 is 19.1 Å². The number of esters is 2. The second-order valence-corrected chi connectivity index (χ2v) is 7.18. The lowest BCUT2D eigenvalue weighted by Gasteiger charge is -2.07. The number of aryl methyl sites for hydroxylation is 1. The van der Waals surface area contributed by atoms with Crippen molar-refractivity contribution in [2.75, 3.05) is 6.61 Å². The summed E-state index contributed by atoms with van der Waals surface area (Å²) in [6.07, 6.45) is 15.0. The lowest BCUT2D eigenvalue weighted by Crippen LogP contribution is -2.23. The van der Waals surface area contributed by atoms with Crippen LogP contribution in [0.2, 0.25) is 0 Å². The Kier molecular flexibility index (Phi) is 13.1. The van der Waals surface area contributed by atoms with Gasteiger partial charge in [-0.15, -0.1) is 0 Å². The minimum Gasteiger partial charge on any atom is -0.457 e. The Hall–Kier alpha value is -1.84. The van der Waals surface area contributed by atoms with Crippen LogP contribution in [0.4, 0.5) is 0 Å². The van der Waals surface area contributed by atoms with E-state index in [9.17, 15) is 9.59 Å². The van der Waals surface area contributed by atoms with Gasteiger partial charge in [0.2, 0.25) is 0 Å². The quantitative estimate of drug-likeness (QED) is 0.169. The van der Waals surface area contributed by atoms with Gasteiger partial charge in [0.05, 0.1) is 6.61 Å². The Labute approximate surface area is 164 Å². The van der Waals surface area contributed by atoms with Crippen LogP contribution in [0.15, 0.2) is 24.3 Å². The molecule has 1 aromatic carbocycles. The van der Waals surface area contributed by atoms with Gasteiger partial charge in [-0.05, 0) is 25.0 Å². The van der Waals surface area contributed by atoms with Crippen molar-refractivity contribution in [3.05, 3.63) is 29.8 Å². The van der Waals surface area contributed by atoms with Crippen molar-refractivity contribution in [3.8, 4) is 5.75 Å². The van der Waals surface area contributed by atoms with Crippen molar-refractivity contribution in [2.45, 2.75) is 90.9 Å². The predicted octanol–water partition coefficient (Wildman–Crippen LogP) is 6.14. The summed E-state index contributed by atoms with van der Waals surface area (Å²) in [5.41, 5.74) is 0.805. The highest BCUT2D eigenvalue weighted by molar-refractivity contribution is 6.30. The summed E-state index contributed by atoms with van der Waals surface area (Å²) in [5, 5.41) is 0. The van der Waals surface area contributed by atoms with Gasteiger partial charge in [0.15, 0.2) is 0 Å². The predicted molar refractivity (Wildman–Crippen MR) is 109 cm³/mol. The molecule has 0 unspecified atom stereocenters. The molecule has 0 amide bonds. The first kappa shape index (κ1) is 23.2. The Morgan fingerprint density at radius 3 is 1.81 bits per heavy atom. The molecule has 0 spiro atoms. The number of rotatable bonds is 14. The number of hydrogen-bond donors (Lipinski definition) is 0. The van der Waals surface area contributed by atoms with Crippen LogP contribution in [0.1, 0.15) is 89.5 Å². The van der Waals surface area contributed by atoms with Gasteiger partial charge in [-0.3, -0.25) is 0 Å². The third-order valence-corrected chi connectivity index (χ3v) is 4.69. The second-order valence-electron chi connectivity index (χ2n) is 7.18. The highest BCUT2D eigenvalue weighted by Crippen LogP contribution is 2.16. The number of carbonyl (C=O) groups excluding carboxylic acids is 2. The van der Waals surface area contributed by atoms with Crippen molar-refractivity contribution in [2.24, 2.45) is 0 Å². The normalized spacial score (nSPS) is 10.6. The van der Waals surface area contributed by atoms with Gasteiger partial charge < -0.3 is 9.47 Å². The van der Waals surface area contributed by atoms with E-state index >= 15 is 0 Å². The van der Waals surface area contributed by atoms with Crippen LogP contribution in [0.5, 0.6) is 5.75 Å². The summed E-state index contributed by atoms with van der Waals surface area (Å²) in [5.74, 6) is -1.48. The van der Waals surface area contributed by atoms with Gasteiger partial charge in [0, 0.05) is 0 Å². The molecule has 1 aromatic rings. The average Bonchev–Trinajstić information content (AvgIpc) is 2.67. The zero-order valence-electron chi connectivity index (χ0n) is 17.1. The molecule has 0 heterocycles. The van der Waals surface area contributed by atoms with Crippen LogP contribution < -0.4 is 4.74 Å². The van der Waals surface area contributed by atoms with Crippen LogP contribution in [0.25, 0.3) is 0 Å². The number of para-hydroxylation sites is 1. The Morgan fingerprint density at radius 2 is 1.26 bits per heavy atom. The Bertz CT molecular complexity index is 539. The van der Waals surface area contributed by atoms with E-state index in [2.05, 4.69) is 6.92 Å². The lowest BCUT2D eigenvalue weighted by molar-refractivity contribution is -0.162. The molecule has 1 rings (SSSR count). The lowest BCUT2D eigenvalue weighted by atomic mass is 10.1. The van der Waals surface area contributed by atoms with Crippen LogP contribution in [-0.2, 0) is 14.3 Å². The molecule has 152 valence electrons. The number of hydrogen-bond acceptors (Lipinski definition) is 4. The largest absolute Gasteiger partial charge is 0.457 e. The molecule has 0 aromatic heterocycles. The number of unbranched alkanes of at least 4 members (excludes halogenated alkanes) is 11. The van der Waals surface area contributed by atoms with E-state index in [4.69, 9.17) is 9.47 Å². The third kappa shape index (κ3) is 11.5. The molecule has 0 fully saturated rings. The summed E-state index contributed by atoms with van der Waals surface area (Å²) in [6.45, 7) is 4.34. The Balaban J connectivity index is 1.95. The molecule has 4 nitrogen and oxygen atoms in total. The number of carbonyl (C=O) groups is 2. The summed E-state index contributed by atoms with van der Waals surface area (Å²) in [7, 11) is 0.